The Kier molecular flexibility index (Phi) is 4.47. The number of carbonyl (C=O) groups is 2. The summed E-state index contributed by atoms with van der Waals surface area (Å²) in [5.74, 6) is -1.83. The largest absolute Gasteiger partial charge is 0.503 e. The van der Waals surface area contributed by atoms with E-state index in [1.54, 1.807) is 18.2 Å². The van der Waals surface area contributed by atoms with Crippen LogP contribution >= 0.6 is 0 Å². The molecule has 1 amide bonds. The number of hydrogen-bond donors (Lipinski definition) is 1. The predicted molar refractivity (Wildman–Crippen MR) is 97.8 cm³/mol. The summed E-state index contributed by atoms with van der Waals surface area (Å²) in [4.78, 5) is 37.6. The van der Waals surface area contributed by atoms with Crippen LogP contribution in [0.3, 0.4) is 0 Å². The van der Waals surface area contributed by atoms with Gasteiger partial charge in [0.15, 0.2) is 11.5 Å². The van der Waals surface area contributed by atoms with Gasteiger partial charge in [-0.15, -0.1) is 0 Å². The fraction of sp³-hybridized carbons (Fsp3) is 0.100. The lowest BCUT2D eigenvalue weighted by atomic mass is 9.94. The first-order valence-electron chi connectivity index (χ1n) is 8.56. The van der Waals surface area contributed by atoms with Gasteiger partial charge in [-0.1, -0.05) is 12.1 Å². The van der Waals surface area contributed by atoms with E-state index < -0.39 is 28.4 Å². The Balaban J connectivity index is 1.83. The Morgan fingerprint density at radius 2 is 1.90 bits per heavy atom. The third-order valence-electron chi connectivity index (χ3n) is 4.60. The van der Waals surface area contributed by atoms with Crippen LogP contribution in [-0.4, -0.2) is 26.6 Å². The predicted octanol–water partition coefficient (Wildman–Crippen LogP) is 3.56. The highest BCUT2D eigenvalue weighted by molar-refractivity contribution is 6.15. The fourth-order valence-corrected chi connectivity index (χ4v) is 3.31. The normalized spacial score (nSPS) is 16.5. The van der Waals surface area contributed by atoms with Crippen molar-refractivity contribution in [3.8, 4) is 0 Å². The summed E-state index contributed by atoms with van der Waals surface area (Å²) in [7, 11) is 0. The van der Waals surface area contributed by atoms with Crippen molar-refractivity contribution in [2.45, 2.75) is 12.6 Å². The average Bonchev–Trinajstić information content (AvgIpc) is 3.46. The minimum absolute atomic E-state index is 0.0435. The maximum atomic E-state index is 13.0. The first-order valence-corrected chi connectivity index (χ1v) is 8.56. The Morgan fingerprint density at radius 3 is 2.55 bits per heavy atom. The second kappa shape index (κ2) is 7.12. The lowest BCUT2D eigenvalue weighted by molar-refractivity contribution is -0.384. The van der Waals surface area contributed by atoms with Gasteiger partial charge in [0.05, 0.1) is 35.6 Å². The van der Waals surface area contributed by atoms with E-state index in [9.17, 15) is 24.8 Å². The van der Waals surface area contributed by atoms with Crippen molar-refractivity contribution in [2.24, 2.45) is 0 Å². The maximum absolute atomic E-state index is 13.0. The molecule has 1 N–H and O–H groups in total. The first-order chi connectivity index (χ1) is 14.0. The van der Waals surface area contributed by atoms with Crippen LogP contribution in [0.15, 0.2) is 81.2 Å². The number of aliphatic hydroxyl groups excluding tert-OH is 1. The third kappa shape index (κ3) is 3.18. The van der Waals surface area contributed by atoms with E-state index in [-0.39, 0.29) is 23.6 Å². The second-order valence-electron chi connectivity index (χ2n) is 6.34. The van der Waals surface area contributed by atoms with Crippen LogP contribution < -0.4 is 0 Å². The molecule has 1 atom stereocenters. The van der Waals surface area contributed by atoms with Gasteiger partial charge < -0.3 is 18.8 Å². The number of amides is 1. The zero-order valence-corrected chi connectivity index (χ0v) is 14.8. The number of Topliss-reactive ketones (excluding diaryl/α,β-unsaturated/α-hetero) is 1. The van der Waals surface area contributed by atoms with Crippen molar-refractivity contribution in [3.63, 3.8) is 0 Å². The Labute approximate surface area is 163 Å². The second-order valence-corrected chi connectivity index (χ2v) is 6.34. The number of nitrogens with zero attached hydrogens (tertiary/aromatic N) is 2. The summed E-state index contributed by atoms with van der Waals surface area (Å²) in [5, 5.41) is 21.7. The summed E-state index contributed by atoms with van der Waals surface area (Å²) in [6, 6.07) is 10.7. The zero-order valence-electron chi connectivity index (χ0n) is 14.8. The molecule has 0 bridgehead atoms. The van der Waals surface area contributed by atoms with E-state index in [1.807, 2.05) is 0 Å². The minimum Gasteiger partial charge on any atom is -0.503 e. The Bertz CT molecular complexity index is 1110. The number of benzene rings is 1. The van der Waals surface area contributed by atoms with Crippen LogP contribution in [0.5, 0.6) is 0 Å². The molecule has 3 aromatic rings. The van der Waals surface area contributed by atoms with Gasteiger partial charge in [0.1, 0.15) is 5.76 Å². The van der Waals surface area contributed by atoms with Gasteiger partial charge in [-0.05, 0) is 29.8 Å². The van der Waals surface area contributed by atoms with Gasteiger partial charge >= 0.3 is 0 Å². The molecule has 9 nitrogen and oxygen atoms in total. The van der Waals surface area contributed by atoms with E-state index in [4.69, 9.17) is 8.83 Å². The molecule has 0 fully saturated rings. The van der Waals surface area contributed by atoms with Crippen molar-refractivity contribution in [2.75, 3.05) is 0 Å². The molecule has 0 spiro atoms. The zero-order chi connectivity index (χ0) is 20.5. The number of nitro groups is 1. The van der Waals surface area contributed by atoms with Crippen LogP contribution in [-0.2, 0) is 11.3 Å². The molecule has 0 unspecified atom stereocenters. The third-order valence-corrected chi connectivity index (χ3v) is 4.60. The van der Waals surface area contributed by atoms with Crippen molar-refractivity contribution in [3.05, 3.63) is 99.6 Å². The topological polar surface area (TPSA) is 127 Å². The lowest BCUT2D eigenvalue weighted by Gasteiger charge is -2.25. The molecule has 29 heavy (non-hydrogen) atoms. The van der Waals surface area contributed by atoms with Gasteiger partial charge in [0.25, 0.3) is 11.6 Å². The average molecular weight is 394 g/mol. The van der Waals surface area contributed by atoms with Crippen molar-refractivity contribution >= 4 is 17.4 Å². The molecule has 146 valence electrons. The highest BCUT2D eigenvalue weighted by Gasteiger charge is 2.45. The molecule has 9 heteroatoms. The molecule has 0 radical (unpaired) electrons. The molecule has 0 saturated carbocycles. The van der Waals surface area contributed by atoms with Crippen LogP contribution in [0.25, 0.3) is 0 Å². The van der Waals surface area contributed by atoms with E-state index in [2.05, 4.69) is 0 Å². The molecule has 0 aliphatic carbocycles. The SMILES string of the molecule is O=C(C1=C(O)C(=O)N(Cc2ccco2)[C@@H]1c1cccc([N+](=O)[O-])c1)c1ccco1. The highest BCUT2D eigenvalue weighted by atomic mass is 16.6. The number of hydrogen-bond acceptors (Lipinski definition) is 7. The molecule has 1 aliphatic rings. The number of carbonyl (C=O) groups excluding carboxylic acids is 2. The molecule has 1 aromatic carbocycles. The molecule has 4 rings (SSSR count). The Morgan fingerprint density at radius 1 is 1.14 bits per heavy atom. The van der Waals surface area contributed by atoms with Gasteiger partial charge in [-0.25, -0.2) is 0 Å². The van der Waals surface area contributed by atoms with Gasteiger partial charge in [-0.2, -0.15) is 0 Å². The van der Waals surface area contributed by atoms with Crippen LogP contribution in [0.4, 0.5) is 5.69 Å². The quantitative estimate of drug-likeness (QED) is 0.385. The molecular formula is C20H14N2O7. The molecule has 3 heterocycles. The van der Waals surface area contributed by atoms with Crippen molar-refractivity contribution < 1.29 is 28.5 Å². The lowest BCUT2D eigenvalue weighted by Crippen LogP contribution is -2.30. The molecule has 2 aromatic heterocycles. The summed E-state index contributed by atoms with van der Waals surface area (Å²) < 4.78 is 10.4. The number of aliphatic hydroxyl groups is 1. The maximum Gasteiger partial charge on any atom is 0.290 e. The fourth-order valence-electron chi connectivity index (χ4n) is 3.31. The van der Waals surface area contributed by atoms with E-state index >= 15 is 0 Å². The molecular weight excluding hydrogens is 380 g/mol. The summed E-state index contributed by atoms with van der Waals surface area (Å²) in [5.41, 5.74) is -0.112. The van der Waals surface area contributed by atoms with E-state index in [0.717, 1.165) is 0 Å². The Hall–Kier alpha value is -4.14. The van der Waals surface area contributed by atoms with Crippen LogP contribution in [0.1, 0.15) is 27.9 Å². The summed E-state index contributed by atoms with van der Waals surface area (Å²) in [6.45, 7) is -0.0435. The number of furan rings is 2. The number of nitro benzene ring substituents is 1. The van der Waals surface area contributed by atoms with Crippen LogP contribution in [0.2, 0.25) is 0 Å². The van der Waals surface area contributed by atoms with Gasteiger partial charge in [0.2, 0.25) is 5.78 Å². The monoisotopic (exact) mass is 394 g/mol. The van der Waals surface area contributed by atoms with Gasteiger partial charge in [0, 0.05) is 12.1 Å². The number of ketones is 1. The van der Waals surface area contributed by atoms with E-state index in [1.165, 1.54) is 47.8 Å². The molecule has 1 aliphatic heterocycles. The summed E-state index contributed by atoms with van der Waals surface area (Å²) in [6.07, 6.45) is 2.73. The number of rotatable bonds is 6. The highest BCUT2D eigenvalue weighted by Crippen LogP contribution is 2.40. The van der Waals surface area contributed by atoms with Gasteiger partial charge in [-0.3, -0.25) is 19.7 Å². The smallest absolute Gasteiger partial charge is 0.290 e. The van der Waals surface area contributed by atoms with Crippen LogP contribution in [0, 0.1) is 10.1 Å². The van der Waals surface area contributed by atoms with E-state index in [0.29, 0.717) is 11.3 Å². The van der Waals surface area contributed by atoms with Crippen molar-refractivity contribution in [1.29, 1.82) is 0 Å². The summed E-state index contributed by atoms with van der Waals surface area (Å²) >= 11 is 0. The van der Waals surface area contributed by atoms with Crippen molar-refractivity contribution in [1.82, 2.24) is 4.90 Å². The first kappa shape index (κ1) is 18.2. The molecule has 0 saturated heterocycles. The number of non-ortho nitro benzene ring substituents is 1. The minimum atomic E-state index is -1.05. The standard InChI is InChI=1S/C20H14N2O7/c23-18(15-7-3-9-29-15)16-17(12-4-1-5-13(10-12)22(26)27)21(20(25)19(16)24)11-14-6-2-8-28-14/h1-10,17,24H,11H2/t17-/m1/s1.